The highest BCUT2D eigenvalue weighted by Crippen LogP contribution is 2.11. The summed E-state index contributed by atoms with van der Waals surface area (Å²) in [5.41, 5.74) is 1.15. The maximum atomic E-state index is 11.7. The molecule has 1 rings (SSSR count). The lowest BCUT2D eigenvalue weighted by Gasteiger charge is -2.14. The van der Waals surface area contributed by atoms with Crippen LogP contribution in [0.15, 0.2) is 24.3 Å². The number of hydrogen-bond acceptors (Lipinski definition) is 3. The van der Waals surface area contributed by atoms with Gasteiger partial charge in [-0.1, -0.05) is 24.6 Å². The van der Waals surface area contributed by atoms with Gasteiger partial charge in [0.05, 0.1) is 19.4 Å². The number of ether oxygens (including phenoxy) is 1. The third-order valence-corrected chi connectivity index (χ3v) is 2.90. The minimum Gasteiger partial charge on any atom is -0.493 e. The Morgan fingerprint density at radius 1 is 1.30 bits per heavy atom. The Labute approximate surface area is 118 Å². The third-order valence-electron chi connectivity index (χ3n) is 2.90. The predicted molar refractivity (Wildman–Crippen MR) is 75.8 cm³/mol. The molecule has 1 unspecified atom stereocenters. The summed E-state index contributed by atoms with van der Waals surface area (Å²) < 4.78 is 5.45. The van der Waals surface area contributed by atoms with Crippen LogP contribution in [0, 0.1) is 6.92 Å². The van der Waals surface area contributed by atoms with Gasteiger partial charge in [0.1, 0.15) is 5.75 Å². The number of carbonyl (C=O) groups is 2. The second kappa shape index (κ2) is 8.19. The third kappa shape index (κ3) is 6.22. The molecule has 1 amide bonds. The van der Waals surface area contributed by atoms with Crippen molar-refractivity contribution in [2.75, 3.05) is 6.61 Å². The number of benzene rings is 1. The molecule has 5 nitrogen and oxygen atoms in total. The summed E-state index contributed by atoms with van der Waals surface area (Å²) in [6.07, 6.45) is 0.752. The number of carboxylic acid groups (broad SMARTS) is 1. The van der Waals surface area contributed by atoms with Crippen molar-refractivity contribution in [1.29, 1.82) is 0 Å². The van der Waals surface area contributed by atoms with Gasteiger partial charge in [-0.25, -0.2) is 0 Å². The highest BCUT2D eigenvalue weighted by molar-refractivity contribution is 5.77. The van der Waals surface area contributed by atoms with Crippen molar-refractivity contribution in [1.82, 2.24) is 5.32 Å². The Morgan fingerprint density at radius 3 is 2.50 bits per heavy atom. The molecule has 2 N–H and O–H groups in total. The van der Waals surface area contributed by atoms with Crippen LogP contribution in [-0.4, -0.2) is 29.6 Å². The SMILES string of the molecule is CCC(CC(=O)O)NC(=O)CCOc1ccc(C)cc1. The molecule has 0 bridgehead atoms. The van der Waals surface area contributed by atoms with Gasteiger partial charge >= 0.3 is 5.97 Å². The lowest BCUT2D eigenvalue weighted by Crippen LogP contribution is -2.36. The van der Waals surface area contributed by atoms with Gasteiger partial charge in [-0.2, -0.15) is 0 Å². The largest absolute Gasteiger partial charge is 0.493 e. The molecule has 0 aliphatic heterocycles. The second-order valence-corrected chi connectivity index (χ2v) is 4.68. The van der Waals surface area contributed by atoms with Crippen molar-refractivity contribution < 1.29 is 19.4 Å². The van der Waals surface area contributed by atoms with Crippen LogP contribution < -0.4 is 10.1 Å². The Hall–Kier alpha value is -2.04. The normalized spacial score (nSPS) is 11.7. The quantitative estimate of drug-likeness (QED) is 0.764. The van der Waals surface area contributed by atoms with Gasteiger partial charge in [0, 0.05) is 6.04 Å². The molecule has 0 saturated heterocycles. The number of aliphatic carboxylic acids is 1. The smallest absolute Gasteiger partial charge is 0.305 e. The van der Waals surface area contributed by atoms with Gasteiger partial charge in [-0.3, -0.25) is 9.59 Å². The Kier molecular flexibility index (Phi) is 6.56. The average molecular weight is 279 g/mol. The van der Waals surface area contributed by atoms with E-state index < -0.39 is 5.97 Å². The van der Waals surface area contributed by atoms with E-state index in [1.165, 1.54) is 0 Å². The molecule has 0 aliphatic rings. The summed E-state index contributed by atoms with van der Waals surface area (Å²) in [6.45, 7) is 4.11. The number of amides is 1. The minimum atomic E-state index is -0.909. The van der Waals surface area contributed by atoms with Crippen LogP contribution in [0.3, 0.4) is 0 Å². The number of carboxylic acids is 1. The van der Waals surface area contributed by atoms with Gasteiger partial charge in [0.25, 0.3) is 0 Å². The van der Waals surface area contributed by atoms with Crippen LogP contribution in [0.25, 0.3) is 0 Å². The number of rotatable bonds is 8. The van der Waals surface area contributed by atoms with Crippen molar-refractivity contribution in [2.45, 2.75) is 39.2 Å². The van der Waals surface area contributed by atoms with Crippen molar-refractivity contribution in [2.24, 2.45) is 0 Å². The molecular formula is C15H21NO4. The highest BCUT2D eigenvalue weighted by atomic mass is 16.5. The van der Waals surface area contributed by atoms with Gasteiger partial charge in [-0.15, -0.1) is 0 Å². The van der Waals surface area contributed by atoms with Gasteiger partial charge in [-0.05, 0) is 25.5 Å². The van der Waals surface area contributed by atoms with Crippen LogP contribution in [0.4, 0.5) is 0 Å². The number of carbonyl (C=O) groups excluding carboxylic acids is 1. The fourth-order valence-corrected chi connectivity index (χ4v) is 1.70. The molecular weight excluding hydrogens is 258 g/mol. The van der Waals surface area contributed by atoms with Crippen LogP contribution in [-0.2, 0) is 9.59 Å². The molecule has 0 aliphatic carbocycles. The second-order valence-electron chi connectivity index (χ2n) is 4.68. The van der Waals surface area contributed by atoms with E-state index in [1.807, 2.05) is 38.1 Å². The fraction of sp³-hybridized carbons (Fsp3) is 0.467. The zero-order chi connectivity index (χ0) is 15.0. The minimum absolute atomic E-state index is 0.0545. The molecule has 0 aromatic heterocycles. The van der Waals surface area contributed by atoms with Crippen LogP contribution in [0.1, 0.15) is 31.7 Å². The standard InChI is InChI=1S/C15H21NO4/c1-3-12(10-15(18)19)16-14(17)8-9-20-13-6-4-11(2)5-7-13/h4-7,12H,3,8-10H2,1-2H3,(H,16,17)(H,18,19). The maximum absolute atomic E-state index is 11.7. The Bertz CT molecular complexity index is 442. The van der Waals surface area contributed by atoms with Crippen LogP contribution in [0.2, 0.25) is 0 Å². The number of nitrogens with one attached hydrogen (secondary N) is 1. The summed E-state index contributed by atoms with van der Waals surface area (Å²) >= 11 is 0. The molecule has 20 heavy (non-hydrogen) atoms. The predicted octanol–water partition coefficient (Wildman–Crippen LogP) is 2.13. The van der Waals surface area contributed by atoms with Gasteiger partial charge < -0.3 is 15.2 Å². The lowest BCUT2D eigenvalue weighted by molar-refractivity contribution is -0.137. The first-order chi connectivity index (χ1) is 9.51. The van der Waals surface area contributed by atoms with Crippen molar-refractivity contribution in [3.63, 3.8) is 0 Å². The first-order valence-electron chi connectivity index (χ1n) is 6.72. The Balaban J connectivity index is 2.28. The zero-order valence-electron chi connectivity index (χ0n) is 11.9. The van der Waals surface area contributed by atoms with Crippen molar-refractivity contribution in [3.05, 3.63) is 29.8 Å². The van der Waals surface area contributed by atoms with E-state index in [2.05, 4.69) is 5.32 Å². The average Bonchev–Trinajstić information content (AvgIpc) is 2.39. The van der Waals surface area contributed by atoms with E-state index in [4.69, 9.17) is 9.84 Å². The molecule has 0 saturated carbocycles. The zero-order valence-corrected chi connectivity index (χ0v) is 11.9. The van der Waals surface area contributed by atoms with Gasteiger partial charge in [0.15, 0.2) is 0 Å². The summed E-state index contributed by atoms with van der Waals surface area (Å²) in [5, 5.41) is 11.4. The van der Waals surface area contributed by atoms with Crippen molar-refractivity contribution >= 4 is 11.9 Å². The van der Waals surface area contributed by atoms with Crippen LogP contribution >= 0.6 is 0 Å². The van der Waals surface area contributed by atoms with Gasteiger partial charge in [0.2, 0.25) is 5.91 Å². The molecule has 1 aromatic rings. The summed E-state index contributed by atoms with van der Waals surface area (Å²) in [5.74, 6) is -0.376. The fourth-order valence-electron chi connectivity index (χ4n) is 1.70. The van der Waals surface area contributed by atoms with E-state index in [0.717, 1.165) is 11.3 Å². The molecule has 0 spiro atoms. The Morgan fingerprint density at radius 2 is 1.95 bits per heavy atom. The first-order valence-corrected chi connectivity index (χ1v) is 6.72. The monoisotopic (exact) mass is 279 g/mol. The van der Waals surface area contributed by atoms with E-state index in [-0.39, 0.29) is 31.4 Å². The first kappa shape index (κ1) is 16.0. The van der Waals surface area contributed by atoms with E-state index >= 15 is 0 Å². The number of aryl methyl sites for hydroxylation is 1. The van der Waals surface area contributed by atoms with Crippen LogP contribution in [0.5, 0.6) is 5.75 Å². The molecule has 1 atom stereocenters. The molecule has 0 radical (unpaired) electrons. The molecule has 110 valence electrons. The van der Waals surface area contributed by atoms with E-state index in [1.54, 1.807) is 0 Å². The topological polar surface area (TPSA) is 75.6 Å². The number of hydrogen-bond donors (Lipinski definition) is 2. The summed E-state index contributed by atoms with van der Waals surface area (Å²) in [7, 11) is 0. The summed E-state index contributed by atoms with van der Waals surface area (Å²) in [6, 6.07) is 7.27. The molecule has 1 aromatic carbocycles. The highest BCUT2D eigenvalue weighted by Gasteiger charge is 2.13. The maximum Gasteiger partial charge on any atom is 0.305 e. The van der Waals surface area contributed by atoms with E-state index in [0.29, 0.717) is 6.42 Å². The summed E-state index contributed by atoms with van der Waals surface area (Å²) in [4.78, 5) is 22.3. The molecule has 5 heteroatoms. The van der Waals surface area contributed by atoms with E-state index in [9.17, 15) is 9.59 Å². The van der Waals surface area contributed by atoms with Crippen molar-refractivity contribution in [3.8, 4) is 5.75 Å². The molecule has 0 fully saturated rings. The molecule has 0 heterocycles. The lowest BCUT2D eigenvalue weighted by atomic mass is 10.1.